The predicted octanol–water partition coefficient (Wildman–Crippen LogP) is 2.60. The monoisotopic (exact) mass is 376 g/mol. The predicted molar refractivity (Wildman–Crippen MR) is 93.6 cm³/mol. The van der Waals surface area contributed by atoms with Gasteiger partial charge in [-0.2, -0.15) is 12.6 Å². The van der Waals surface area contributed by atoms with E-state index in [1.165, 1.54) is 12.1 Å². The topological polar surface area (TPSA) is 69.6 Å². The molecule has 1 fully saturated rings. The van der Waals surface area contributed by atoms with Crippen LogP contribution in [0.25, 0.3) is 0 Å². The van der Waals surface area contributed by atoms with Crippen molar-refractivity contribution in [2.75, 3.05) is 25.4 Å². The first kappa shape index (κ1) is 18.2. The van der Waals surface area contributed by atoms with Crippen molar-refractivity contribution >= 4 is 47.6 Å². The number of hydrogen-bond donors (Lipinski definition) is 3. The van der Waals surface area contributed by atoms with Gasteiger partial charge in [-0.3, -0.25) is 9.59 Å². The Morgan fingerprint density at radius 2 is 2.00 bits per heavy atom. The molecule has 1 atom stereocenters. The van der Waals surface area contributed by atoms with E-state index >= 15 is 0 Å². The van der Waals surface area contributed by atoms with Crippen LogP contribution in [0.5, 0.6) is 5.75 Å². The number of halogens is 2. The van der Waals surface area contributed by atoms with Crippen LogP contribution in [0.2, 0.25) is 10.0 Å². The smallest absolute Gasteiger partial charge is 0.253 e. The molecule has 1 aromatic rings. The van der Waals surface area contributed by atoms with Gasteiger partial charge in [-0.15, -0.1) is 0 Å². The van der Waals surface area contributed by atoms with Gasteiger partial charge in [0.1, 0.15) is 0 Å². The molecule has 1 heterocycles. The first-order valence-electron chi connectivity index (χ1n) is 7.30. The zero-order valence-electron chi connectivity index (χ0n) is 12.4. The Labute approximate surface area is 150 Å². The molecule has 0 spiro atoms. The number of nitrogens with one attached hydrogen (secondary N) is 1. The molecule has 1 aliphatic rings. The van der Waals surface area contributed by atoms with Gasteiger partial charge in [0.25, 0.3) is 5.91 Å². The molecule has 126 valence electrons. The minimum atomic E-state index is -0.250. The number of carbonyl (C=O) groups is 2. The van der Waals surface area contributed by atoms with Crippen LogP contribution >= 0.6 is 35.8 Å². The lowest BCUT2D eigenvalue weighted by atomic mass is 9.96. The number of carbonyl (C=O) groups excluding carboxylic acids is 2. The fourth-order valence-electron chi connectivity index (χ4n) is 2.57. The quantitative estimate of drug-likeness (QED) is 0.707. The van der Waals surface area contributed by atoms with E-state index in [0.29, 0.717) is 31.0 Å². The van der Waals surface area contributed by atoms with E-state index in [9.17, 15) is 14.7 Å². The Hall–Kier alpha value is -1.11. The Morgan fingerprint density at radius 3 is 2.61 bits per heavy atom. The zero-order chi connectivity index (χ0) is 17.0. The molecule has 0 aliphatic carbocycles. The molecule has 8 heteroatoms. The van der Waals surface area contributed by atoms with Crippen molar-refractivity contribution in [1.82, 2.24) is 10.2 Å². The van der Waals surface area contributed by atoms with Crippen LogP contribution in [-0.2, 0) is 4.79 Å². The lowest BCUT2D eigenvalue weighted by Crippen LogP contribution is -2.45. The van der Waals surface area contributed by atoms with Gasteiger partial charge < -0.3 is 15.3 Å². The molecule has 23 heavy (non-hydrogen) atoms. The molecule has 1 aromatic carbocycles. The average Bonchev–Trinajstić information content (AvgIpc) is 2.56. The maximum Gasteiger partial charge on any atom is 0.253 e. The minimum Gasteiger partial charge on any atom is -0.505 e. The first-order chi connectivity index (χ1) is 10.9. The average molecular weight is 377 g/mol. The van der Waals surface area contributed by atoms with Gasteiger partial charge in [0.05, 0.1) is 16.0 Å². The van der Waals surface area contributed by atoms with Crippen molar-refractivity contribution < 1.29 is 14.7 Å². The fraction of sp³-hybridized carbons (Fsp3) is 0.467. The number of amides is 2. The molecule has 0 radical (unpaired) electrons. The Kier molecular flexibility index (Phi) is 6.44. The van der Waals surface area contributed by atoms with Crippen LogP contribution in [0.4, 0.5) is 0 Å². The summed E-state index contributed by atoms with van der Waals surface area (Å²) < 4.78 is 0. The largest absolute Gasteiger partial charge is 0.505 e. The molecule has 1 aliphatic heterocycles. The Morgan fingerprint density at radius 1 is 1.35 bits per heavy atom. The number of hydrogen-bond acceptors (Lipinski definition) is 4. The number of aromatic hydroxyl groups is 1. The number of nitrogens with zero attached hydrogens (tertiary/aromatic N) is 1. The molecule has 1 saturated heterocycles. The molecule has 0 saturated carbocycles. The molecular weight excluding hydrogens is 359 g/mol. The van der Waals surface area contributed by atoms with Gasteiger partial charge in [0, 0.05) is 31.0 Å². The third-order valence-electron chi connectivity index (χ3n) is 3.75. The number of phenols is 1. The maximum atomic E-state index is 12.6. The maximum absolute atomic E-state index is 12.6. The molecule has 2 rings (SSSR count). The third-order valence-corrected chi connectivity index (χ3v) is 4.55. The summed E-state index contributed by atoms with van der Waals surface area (Å²) in [5.41, 5.74) is 0.300. The summed E-state index contributed by atoms with van der Waals surface area (Å²) in [5.74, 6) is -0.201. The van der Waals surface area contributed by atoms with E-state index in [4.69, 9.17) is 23.2 Å². The van der Waals surface area contributed by atoms with Gasteiger partial charge in [-0.25, -0.2) is 0 Å². The van der Waals surface area contributed by atoms with Crippen molar-refractivity contribution in [3.8, 4) is 5.75 Å². The number of piperidine rings is 1. The second kappa shape index (κ2) is 8.13. The highest BCUT2D eigenvalue weighted by Crippen LogP contribution is 2.33. The van der Waals surface area contributed by atoms with Crippen molar-refractivity contribution in [2.24, 2.45) is 5.92 Å². The summed E-state index contributed by atoms with van der Waals surface area (Å²) in [6, 6.07) is 2.77. The summed E-state index contributed by atoms with van der Waals surface area (Å²) in [4.78, 5) is 26.3. The Bertz CT molecular complexity index is 589. The summed E-state index contributed by atoms with van der Waals surface area (Å²) in [6.45, 7) is 1.44. The van der Waals surface area contributed by atoms with E-state index in [1.54, 1.807) is 4.90 Å². The molecule has 2 N–H and O–H groups in total. The minimum absolute atomic E-state index is 0.0286. The molecule has 5 nitrogen and oxygen atoms in total. The fourth-order valence-corrected chi connectivity index (χ4v) is 3.17. The SMILES string of the molecule is O=C(NCCS)[C@H]1CCCN(C(=O)c2cc(Cl)c(O)c(Cl)c2)C1. The summed E-state index contributed by atoms with van der Waals surface area (Å²) >= 11 is 15.8. The third kappa shape index (κ3) is 4.46. The van der Waals surface area contributed by atoms with Crippen molar-refractivity contribution in [2.45, 2.75) is 12.8 Å². The first-order valence-corrected chi connectivity index (χ1v) is 8.68. The molecule has 0 aromatic heterocycles. The highest BCUT2D eigenvalue weighted by atomic mass is 35.5. The number of benzene rings is 1. The van der Waals surface area contributed by atoms with Gasteiger partial charge in [0.2, 0.25) is 5.91 Å². The van der Waals surface area contributed by atoms with Crippen molar-refractivity contribution in [3.05, 3.63) is 27.7 Å². The van der Waals surface area contributed by atoms with Crippen LogP contribution in [0.1, 0.15) is 23.2 Å². The standard InChI is InChI=1S/C15H18Cl2N2O3S/c16-11-6-10(7-12(17)13(11)20)15(22)19-4-1-2-9(8-19)14(21)18-3-5-23/h6-7,9,20,23H,1-5,8H2,(H,18,21)/t9-/m0/s1. The second-order valence-electron chi connectivity index (χ2n) is 5.39. The van der Waals surface area contributed by atoms with E-state index in [-0.39, 0.29) is 33.5 Å². The van der Waals surface area contributed by atoms with Crippen LogP contribution in [0, 0.1) is 5.92 Å². The number of likely N-dealkylation sites (tertiary alicyclic amines) is 1. The highest BCUT2D eigenvalue weighted by Gasteiger charge is 2.29. The zero-order valence-corrected chi connectivity index (χ0v) is 14.8. The van der Waals surface area contributed by atoms with E-state index < -0.39 is 0 Å². The summed E-state index contributed by atoms with van der Waals surface area (Å²) in [7, 11) is 0. The molecule has 0 bridgehead atoms. The second-order valence-corrected chi connectivity index (χ2v) is 6.66. The van der Waals surface area contributed by atoms with E-state index in [0.717, 1.165) is 12.8 Å². The van der Waals surface area contributed by atoms with Gasteiger partial charge in [-0.1, -0.05) is 23.2 Å². The molecule has 0 unspecified atom stereocenters. The van der Waals surface area contributed by atoms with Gasteiger partial charge in [0.15, 0.2) is 5.75 Å². The lowest BCUT2D eigenvalue weighted by Gasteiger charge is -2.32. The van der Waals surface area contributed by atoms with Gasteiger partial charge in [-0.05, 0) is 25.0 Å². The van der Waals surface area contributed by atoms with Crippen LogP contribution in [0.3, 0.4) is 0 Å². The van der Waals surface area contributed by atoms with Crippen LogP contribution in [0.15, 0.2) is 12.1 Å². The Balaban J connectivity index is 2.09. The summed E-state index contributed by atoms with van der Waals surface area (Å²) in [5, 5.41) is 12.4. The number of phenolic OH excluding ortho intramolecular Hbond substituents is 1. The molecule has 2 amide bonds. The van der Waals surface area contributed by atoms with Crippen molar-refractivity contribution in [1.29, 1.82) is 0 Å². The van der Waals surface area contributed by atoms with Crippen molar-refractivity contribution in [3.63, 3.8) is 0 Å². The number of rotatable bonds is 4. The van der Waals surface area contributed by atoms with Crippen LogP contribution < -0.4 is 5.32 Å². The summed E-state index contributed by atoms with van der Waals surface area (Å²) in [6.07, 6.45) is 1.50. The normalized spacial score (nSPS) is 17.9. The van der Waals surface area contributed by atoms with Crippen LogP contribution in [-0.4, -0.2) is 47.2 Å². The van der Waals surface area contributed by atoms with E-state index in [1.807, 2.05) is 0 Å². The highest BCUT2D eigenvalue weighted by molar-refractivity contribution is 7.80. The lowest BCUT2D eigenvalue weighted by molar-refractivity contribution is -0.126. The van der Waals surface area contributed by atoms with Gasteiger partial charge >= 0.3 is 0 Å². The molecular formula is C15H18Cl2N2O3S. The number of thiol groups is 1. The van der Waals surface area contributed by atoms with E-state index in [2.05, 4.69) is 17.9 Å².